The highest BCUT2D eigenvalue weighted by atomic mass is 32.1. The molecule has 6 heteroatoms. The van der Waals surface area contributed by atoms with Crippen molar-refractivity contribution in [2.75, 3.05) is 24.6 Å². The van der Waals surface area contributed by atoms with Crippen LogP contribution in [0.15, 0.2) is 12.4 Å². The molecule has 0 amide bonds. The molecule has 0 saturated carbocycles. The summed E-state index contributed by atoms with van der Waals surface area (Å²) >= 11 is 4.83. The summed E-state index contributed by atoms with van der Waals surface area (Å²) in [5, 5.41) is 9.07. The average molecular weight is 252 g/mol. The number of nitrogens with two attached hydrogens (primary N) is 1. The number of aromatic nitrogens is 2. The van der Waals surface area contributed by atoms with Crippen LogP contribution in [0.2, 0.25) is 0 Å². The summed E-state index contributed by atoms with van der Waals surface area (Å²) in [6.45, 7) is 2.10. The lowest BCUT2D eigenvalue weighted by Gasteiger charge is -2.31. The number of rotatable bonds is 3. The van der Waals surface area contributed by atoms with Gasteiger partial charge in [-0.1, -0.05) is 12.2 Å². The van der Waals surface area contributed by atoms with Gasteiger partial charge in [0, 0.05) is 19.7 Å². The molecule has 0 aliphatic carbocycles. The van der Waals surface area contributed by atoms with E-state index in [4.69, 9.17) is 23.1 Å². The summed E-state index contributed by atoms with van der Waals surface area (Å²) < 4.78 is 0. The monoisotopic (exact) mass is 252 g/mol. The van der Waals surface area contributed by atoms with Crippen LogP contribution in [0.4, 0.5) is 5.82 Å². The van der Waals surface area contributed by atoms with E-state index < -0.39 is 0 Å². The van der Waals surface area contributed by atoms with E-state index in [9.17, 15) is 0 Å². The van der Waals surface area contributed by atoms with E-state index in [1.165, 1.54) is 0 Å². The SMILES string of the molecule is NC(=S)c1cnc(N2CCC(CO)CC2)cn1. The van der Waals surface area contributed by atoms with Gasteiger partial charge in [-0.3, -0.25) is 0 Å². The fourth-order valence-corrected chi connectivity index (χ4v) is 2.06. The van der Waals surface area contributed by atoms with Gasteiger partial charge in [0.2, 0.25) is 0 Å². The van der Waals surface area contributed by atoms with Gasteiger partial charge in [0.15, 0.2) is 0 Å². The van der Waals surface area contributed by atoms with Crippen molar-refractivity contribution in [1.82, 2.24) is 9.97 Å². The smallest absolute Gasteiger partial charge is 0.147 e. The standard InChI is InChI=1S/C11H16N4OS/c12-11(17)9-5-14-10(6-13-9)15-3-1-8(7-16)2-4-15/h5-6,8,16H,1-4,7H2,(H2,12,17). The van der Waals surface area contributed by atoms with Crippen LogP contribution in [0, 0.1) is 5.92 Å². The first kappa shape index (κ1) is 12.2. The highest BCUT2D eigenvalue weighted by molar-refractivity contribution is 7.80. The number of anilines is 1. The minimum absolute atomic E-state index is 0.267. The predicted molar refractivity (Wildman–Crippen MR) is 69.9 cm³/mol. The van der Waals surface area contributed by atoms with Crippen molar-refractivity contribution in [2.45, 2.75) is 12.8 Å². The predicted octanol–water partition coefficient (Wildman–Crippen LogP) is 0.319. The fraction of sp³-hybridized carbons (Fsp3) is 0.545. The van der Waals surface area contributed by atoms with Gasteiger partial charge in [0.25, 0.3) is 0 Å². The van der Waals surface area contributed by atoms with Gasteiger partial charge in [-0.05, 0) is 18.8 Å². The Morgan fingerprint density at radius 3 is 2.59 bits per heavy atom. The summed E-state index contributed by atoms with van der Waals surface area (Å²) in [5.41, 5.74) is 6.02. The molecule has 1 saturated heterocycles. The Morgan fingerprint density at radius 2 is 2.12 bits per heavy atom. The molecule has 0 aromatic carbocycles. The lowest BCUT2D eigenvalue weighted by molar-refractivity contribution is 0.203. The third-order valence-corrected chi connectivity index (χ3v) is 3.30. The normalized spacial score (nSPS) is 17.1. The molecule has 1 fully saturated rings. The first-order chi connectivity index (χ1) is 8.20. The molecule has 1 aliphatic rings. The van der Waals surface area contributed by atoms with Gasteiger partial charge in [0.1, 0.15) is 16.5 Å². The van der Waals surface area contributed by atoms with E-state index >= 15 is 0 Å². The molecule has 0 unspecified atom stereocenters. The van der Waals surface area contributed by atoms with Crippen LogP contribution < -0.4 is 10.6 Å². The highest BCUT2D eigenvalue weighted by Crippen LogP contribution is 2.20. The molecule has 1 aliphatic heterocycles. The molecule has 5 nitrogen and oxygen atoms in total. The van der Waals surface area contributed by atoms with Gasteiger partial charge in [-0.15, -0.1) is 0 Å². The summed E-state index contributed by atoms with van der Waals surface area (Å²) in [4.78, 5) is 10.9. The molecular weight excluding hydrogens is 236 g/mol. The van der Waals surface area contributed by atoms with Crippen molar-refractivity contribution < 1.29 is 5.11 Å². The van der Waals surface area contributed by atoms with Crippen molar-refractivity contribution in [3.05, 3.63) is 18.1 Å². The first-order valence-electron chi connectivity index (χ1n) is 5.68. The van der Waals surface area contributed by atoms with Crippen molar-refractivity contribution in [3.8, 4) is 0 Å². The van der Waals surface area contributed by atoms with E-state index in [-0.39, 0.29) is 11.6 Å². The Bertz CT molecular complexity index is 387. The second kappa shape index (κ2) is 5.37. The van der Waals surface area contributed by atoms with E-state index in [0.29, 0.717) is 11.6 Å². The zero-order valence-corrected chi connectivity index (χ0v) is 10.4. The van der Waals surface area contributed by atoms with Crippen LogP contribution in [-0.2, 0) is 0 Å². The summed E-state index contributed by atoms with van der Waals surface area (Å²) in [6.07, 6.45) is 5.30. The lowest BCUT2D eigenvalue weighted by Crippen LogP contribution is -2.35. The minimum atomic E-state index is 0.267. The number of nitrogens with zero attached hydrogens (tertiary/aromatic N) is 3. The zero-order chi connectivity index (χ0) is 12.3. The average Bonchev–Trinajstić information content (AvgIpc) is 2.39. The number of hydrogen-bond donors (Lipinski definition) is 2. The third-order valence-electron chi connectivity index (χ3n) is 3.09. The van der Waals surface area contributed by atoms with Crippen molar-refractivity contribution >= 4 is 23.0 Å². The number of aliphatic hydroxyl groups excluding tert-OH is 1. The molecule has 3 N–H and O–H groups in total. The molecule has 2 heterocycles. The molecule has 1 aromatic rings. The van der Waals surface area contributed by atoms with E-state index in [1.807, 2.05) is 0 Å². The number of piperidine rings is 1. The fourth-order valence-electron chi connectivity index (χ4n) is 1.96. The maximum absolute atomic E-state index is 9.07. The van der Waals surface area contributed by atoms with Gasteiger partial charge in [0.05, 0.1) is 12.4 Å². The molecule has 2 rings (SSSR count). The maximum Gasteiger partial charge on any atom is 0.147 e. The van der Waals surface area contributed by atoms with Crippen molar-refractivity contribution in [3.63, 3.8) is 0 Å². The number of thiocarbonyl (C=S) groups is 1. The van der Waals surface area contributed by atoms with Crippen LogP contribution in [0.1, 0.15) is 18.5 Å². The van der Waals surface area contributed by atoms with Crippen molar-refractivity contribution in [2.24, 2.45) is 11.7 Å². The third kappa shape index (κ3) is 2.89. The second-order valence-electron chi connectivity index (χ2n) is 4.24. The molecule has 0 atom stereocenters. The van der Waals surface area contributed by atoms with Crippen LogP contribution in [-0.4, -0.2) is 39.8 Å². The van der Waals surface area contributed by atoms with Gasteiger partial charge in [-0.25, -0.2) is 9.97 Å². The summed E-state index contributed by atoms with van der Waals surface area (Å²) in [6, 6.07) is 0. The Kier molecular flexibility index (Phi) is 3.86. The van der Waals surface area contributed by atoms with E-state index in [0.717, 1.165) is 31.7 Å². The maximum atomic E-state index is 9.07. The lowest BCUT2D eigenvalue weighted by atomic mass is 9.98. The van der Waals surface area contributed by atoms with Crippen LogP contribution >= 0.6 is 12.2 Å². The van der Waals surface area contributed by atoms with E-state index in [1.54, 1.807) is 12.4 Å². The zero-order valence-electron chi connectivity index (χ0n) is 9.54. The molecule has 1 aromatic heterocycles. The minimum Gasteiger partial charge on any atom is -0.396 e. The summed E-state index contributed by atoms with van der Waals surface area (Å²) in [7, 11) is 0. The molecule has 0 spiro atoms. The quantitative estimate of drug-likeness (QED) is 0.755. The molecular formula is C11H16N4OS. The largest absolute Gasteiger partial charge is 0.396 e. The first-order valence-corrected chi connectivity index (χ1v) is 6.09. The Morgan fingerprint density at radius 1 is 1.41 bits per heavy atom. The topological polar surface area (TPSA) is 75.3 Å². The summed E-state index contributed by atoms with van der Waals surface area (Å²) in [5.74, 6) is 1.27. The van der Waals surface area contributed by atoms with Crippen LogP contribution in [0.25, 0.3) is 0 Å². The van der Waals surface area contributed by atoms with Crippen LogP contribution in [0.3, 0.4) is 0 Å². The molecule has 0 bridgehead atoms. The van der Waals surface area contributed by atoms with E-state index in [2.05, 4.69) is 14.9 Å². The Labute approximate surface area is 106 Å². The molecule has 17 heavy (non-hydrogen) atoms. The number of aliphatic hydroxyl groups is 1. The van der Waals surface area contributed by atoms with Gasteiger partial charge >= 0.3 is 0 Å². The Balaban J connectivity index is 2.01. The Hall–Kier alpha value is -1.27. The molecule has 92 valence electrons. The van der Waals surface area contributed by atoms with Crippen LogP contribution in [0.5, 0.6) is 0 Å². The second-order valence-corrected chi connectivity index (χ2v) is 4.68. The van der Waals surface area contributed by atoms with Crippen molar-refractivity contribution in [1.29, 1.82) is 0 Å². The molecule has 0 radical (unpaired) electrons. The van der Waals surface area contributed by atoms with Gasteiger partial charge < -0.3 is 15.7 Å². The van der Waals surface area contributed by atoms with Gasteiger partial charge in [-0.2, -0.15) is 0 Å². The highest BCUT2D eigenvalue weighted by Gasteiger charge is 2.19. The number of hydrogen-bond acceptors (Lipinski definition) is 5.